The fraction of sp³-hybridized carbons (Fsp3) is 0.286. The molecule has 2 N–H and O–H groups in total. The average molecular weight is 247 g/mol. The standard InChI is InChI=1S/C14H17NOS/c1-2-8-16-12-5-3-11(4-6-12)13-7-9-17-14(13)10-15/h3-7,9H,2,8,10,15H2,1H3. The molecule has 90 valence electrons. The van der Waals surface area contributed by atoms with Crippen molar-refractivity contribution in [2.75, 3.05) is 6.61 Å². The third kappa shape index (κ3) is 2.87. The molecule has 0 atom stereocenters. The molecule has 2 nitrogen and oxygen atoms in total. The van der Waals surface area contributed by atoms with Crippen molar-refractivity contribution in [3.05, 3.63) is 40.6 Å². The molecule has 0 aliphatic heterocycles. The third-order valence-electron chi connectivity index (χ3n) is 2.57. The number of hydrogen-bond acceptors (Lipinski definition) is 3. The van der Waals surface area contributed by atoms with Crippen molar-refractivity contribution in [3.8, 4) is 16.9 Å². The number of thiophene rings is 1. The second-order valence-electron chi connectivity index (χ2n) is 3.83. The summed E-state index contributed by atoms with van der Waals surface area (Å²) < 4.78 is 5.56. The monoisotopic (exact) mass is 247 g/mol. The van der Waals surface area contributed by atoms with Gasteiger partial charge >= 0.3 is 0 Å². The van der Waals surface area contributed by atoms with E-state index >= 15 is 0 Å². The van der Waals surface area contributed by atoms with Crippen LogP contribution in [0.15, 0.2) is 35.7 Å². The quantitative estimate of drug-likeness (QED) is 0.875. The van der Waals surface area contributed by atoms with Gasteiger partial charge in [-0.3, -0.25) is 0 Å². The van der Waals surface area contributed by atoms with E-state index in [1.807, 2.05) is 12.1 Å². The Balaban J connectivity index is 2.17. The second-order valence-corrected chi connectivity index (χ2v) is 4.84. The van der Waals surface area contributed by atoms with Crippen LogP contribution in [0.2, 0.25) is 0 Å². The van der Waals surface area contributed by atoms with Crippen LogP contribution in [-0.4, -0.2) is 6.61 Å². The van der Waals surface area contributed by atoms with Crippen molar-refractivity contribution in [2.45, 2.75) is 19.9 Å². The van der Waals surface area contributed by atoms with Crippen LogP contribution in [-0.2, 0) is 6.54 Å². The lowest BCUT2D eigenvalue weighted by Gasteiger charge is -2.06. The molecule has 0 saturated carbocycles. The minimum atomic E-state index is 0.598. The Labute approximate surface area is 106 Å². The van der Waals surface area contributed by atoms with E-state index in [2.05, 4.69) is 30.5 Å². The highest BCUT2D eigenvalue weighted by molar-refractivity contribution is 7.10. The normalized spacial score (nSPS) is 10.5. The van der Waals surface area contributed by atoms with Gasteiger partial charge in [0.2, 0.25) is 0 Å². The van der Waals surface area contributed by atoms with Gasteiger partial charge in [0.15, 0.2) is 0 Å². The van der Waals surface area contributed by atoms with Gasteiger partial charge < -0.3 is 10.5 Å². The molecule has 1 heterocycles. The van der Waals surface area contributed by atoms with Crippen LogP contribution in [0, 0.1) is 0 Å². The van der Waals surface area contributed by atoms with Crippen molar-refractivity contribution < 1.29 is 4.74 Å². The Hall–Kier alpha value is -1.32. The first-order valence-electron chi connectivity index (χ1n) is 5.84. The zero-order valence-electron chi connectivity index (χ0n) is 9.98. The molecule has 0 amide bonds. The summed E-state index contributed by atoms with van der Waals surface area (Å²) in [5, 5.41) is 2.08. The number of nitrogens with two attached hydrogens (primary N) is 1. The summed E-state index contributed by atoms with van der Waals surface area (Å²) in [4.78, 5) is 1.23. The Morgan fingerprint density at radius 2 is 1.94 bits per heavy atom. The van der Waals surface area contributed by atoms with Crippen LogP contribution in [0.1, 0.15) is 18.2 Å². The molecule has 0 aliphatic rings. The summed E-state index contributed by atoms with van der Waals surface area (Å²) in [5.74, 6) is 0.931. The molecule has 0 unspecified atom stereocenters. The summed E-state index contributed by atoms with van der Waals surface area (Å²) in [6.45, 7) is 3.47. The topological polar surface area (TPSA) is 35.2 Å². The second kappa shape index (κ2) is 5.84. The third-order valence-corrected chi connectivity index (χ3v) is 3.51. The Kier molecular flexibility index (Phi) is 4.18. The Bertz CT molecular complexity index is 461. The number of benzene rings is 1. The smallest absolute Gasteiger partial charge is 0.119 e. The molecule has 0 aliphatic carbocycles. The van der Waals surface area contributed by atoms with Crippen LogP contribution in [0.25, 0.3) is 11.1 Å². The van der Waals surface area contributed by atoms with Gasteiger partial charge in [-0.05, 0) is 41.1 Å². The maximum absolute atomic E-state index is 5.71. The molecule has 17 heavy (non-hydrogen) atoms. The average Bonchev–Trinajstić information content (AvgIpc) is 2.85. The van der Waals surface area contributed by atoms with Gasteiger partial charge in [0.25, 0.3) is 0 Å². The predicted octanol–water partition coefficient (Wildman–Crippen LogP) is 3.66. The van der Waals surface area contributed by atoms with Gasteiger partial charge in [-0.25, -0.2) is 0 Å². The number of rotatable bonds is 5. The van der Waals surface area contributed by atoms with E-state index in [0.717, 1.165) is 18.8 Å². The zero-order chi connectivity index (χ0) is 12.1. The van der Waals surface area contributed by atoms with E-state index in [4.69, 9.17) is 10.5 Å². The highest BCUT2D eigenvalue weighted by atomic mass is 32.1. The van der Waals surface area contributed by atoms with Gasteiger partial charge in [0.1, 0.15) is 5.75 Å². The van der Waals surface area contributed by atoms with E-state index < -0.39 is 0 Å². The van der Waals surface area contributed by atoms with Crippen LogP contribution in [0.5, 0.6) is 5.75 Å². The summed E-state index contributed by atoms with van der Waals surface area (Å²) in [5.41, 5.74) is 8.15. The molecule has 3 heteroatoms. The van der Waals surface area contributed by atoms with Crippen molar-refractivity contribution >= 4 is 11.3 Å². The van der Waals surface area contributed by atoms with E-state index in [1.54, 1.807) is 11.3 Å². The van der Waals surface area contributed by atoms with Crippen molar-refractivity contribution in [1.82, 2.24) is 0 Å². The van der Waals surface area contributed by atoms with Crippen LogP contribution in [0.4, 0.5) is 0 Å². The fourth-order valence-electron chi connectivity index (χ4n) is 1.71. The largest absolute Gasteiger partial charge is 0.494 e. The zero-order valence-corrected chi connectivity index (χ0v) is 10.8. The highest BCUT2D eigenvalue weighted by Crippen LogP contribution is 2.29. The summed E-state index contributed by atoms with van der Waals surface area (Å²) in [6, 6.07) is 10.3. The van der Waals surface area contributed by atoms with Gasteiger partial charge in [-0.15, -0.1) is 11.3 Å². The van der Waals surface area contributed by atoms with E-state index in [9.17, 15) is 0 Å². The summed E-state index contributed by atoms with van der Waals surface area (Å²) in [6.07, 6.45) is 1.03. The van der Waals surface area contributed by atoms with Gasteiger partial charge in [0, 0.05) is 11.4 Å². The van der Waals surface area contributed by atoms with Crippen LogP contribution >= 0.6 is 11.3 Å². The fourth-order valence-corrected chi connectivity index (χ4v) is 2.48. The Morgan fingerprint density at radius 1 is 1.18 bits per heavy atom. The molecule has 1 aromatic heterocycles. The molecule has 2 rings (SSSR count). The molecule has 0 radical (unpaired) electrons. The lowest BCUT2D eigenvalue weighted by Crippen LogP contribution is -1.96. The molecular formula is C14H17NOS. The van der Waals surface area contributed by atoms with Crippen molar-refractivity contribution in [2.24, 2.45) is 5.73 Å². The minimum absolute atomic E-state index is 0.598. The van der Waals surface area contributed by atoms with Gasteiger partial charge in [-0.1, -0.05) is 19.1 Å². The molecule has 0 saturated heterocycles. The molecule has 0 fully saturated rings. The van der Waals surface area contributed by atoms with Gasteiger partial charge in [-0.2, -0.15) is 0 Å². The van der Waals surface area contributed by atoms with Crippen molar-refractivity contribution in [1.29, 1.82) is 0 Å². The predicted molar refractivity (Wildman–Crippen MR) is 73.4 cm³/mol. The maximum atomic E-state index is 5.71. The van der Waals surface area contributed by atoms with Crippen LogP contribution in [0.3, 0.4) is 0 Å². The first-order valence-corrected chi connectivity index (χ1v) is 6.72. The van der Waals surface area contributed by atoms with E-state index in [0.29, 0.717) is 6.54 Å². The van der Waals surface area contributed by atoms with Crippen molar-refractivity contribution in [3.63, 3.8) is 0 Å². The molecular weight excluding hydrogens is 230 g/mol. The number of ether oxygens (including phenoxy) is 1. The minimum Gasteiger partial charge on any atom is -0.494 e. The first kappa shape index (κ1) is 12.1. The Morgan fingerprint density at radius 3 is 2.59 bits per heavy atom. The molecule has 1 aromatic carbocycles. The molecule has 0 spiro atoms. The van der Waals surface area contributed by atoms with Gasteiger partial charge in [0.05, 0.1) is 6.61 Å². The lowest BCUT2D eigenvalue weighted by molar-refractivity contribution is 0.317. The van der Waals surface area contributed by atoms with E-state index in [-0.39, 0.29) is 0 Å². The summed E-state index contributed by atoms with van der Waals surface area (Å²) >= 11 is 1.71. The van der Waals surface area contributed by atoms with Crippen LogP contribution < -0.4 is 10.5 Å². The maximum Gasteiger partial charge on any atom is 0.119 e. The molecule has 2 aromatic rings. The van der Waals surface area contributed by atoms with E-state index in [1.165, 1.54) is 16.0 Å². The SMILES string of the molecule is CCCOc1ccc(-c2ccsc2CN)cc1. The number of hydrogen-bond donors (Lipinski definition) is 1. The summed E-state index contributed by atoms with van der Waals surface area (Å²) in [7, 11) is 0. The lowest BCUT2D eigenvalue weighted by atomic mass is 10.1. The first-order chi connectivity index (χ1) is 8.35. The highest BCUT2D eigenvalue weighted by Gasteiger charge is 2.05. The molecule has 0 bridgehead atoms.